The summed E-state index contributed by atoms with van der Waals surface area (Å²) in [5, 5.41) is 8.64. The van der Waals surface area contributed by atoms with Crippen LogP contribution in [0.4, 0.5) is 0 Å². The van der Waals surface area contributed by atoms with E-state index in [1.54, 1.807) is 0 Å². The fourth-order valence-electron chi connectivity index (χ4n) is 2.73. The van der Waals surface area contributed by atoms with Crippen LogP contribution in [-0.4, -0.2) is 55.4 Å². The lowest BCUT2D eigenvalue weighted by Crippen LogP contribution is -2.35. The molecule has 0 aromatic rings. The average molecular weight is 291 g/mol. The zero-order valence-electron chi connectivity index (χ0n) is 11.0. The van der Waals surface area contributed by atoms with Crippen molar-refractivity contribution in [1.82, 2.24) is 4.31 Å². The van der Waals surface area contributed by atoms with E-state index in [9.17, 15) is 13.2 Å². The predicted octanol–water partition coefficient (Wildman–Crippen LogP) is 0.682. The van der Waals surface area contributed by atoms with Crippen LogP contribution in [0.15, 0.2) is 0 Å². The monoisotopic (exact) mass is 291 g/mol. The molecule has 0 spiro atoms. The summed E-state index contributed by atoms with van der Waals surface area (Å²) in [5.74, 6) is -0.574. The lowest BCUT2D eigenvalue weighted by molar-refractivity contribution is -0.137. The smallest absolute Gasteiger partial charge is 0.303 e. The van der Waals surface area contributed by atoms with E-state index in [1.165, 1.54) is 4.31 Å². The summed E-state index contributed by atoms with van der Waals surface area (Å²) >= 11 is 0. The molecule has 6 nitrogen and oxygen atoms in total. The Morgan fingerprint density at radius 1 is 1.37 bits per heavy atom. The van der Waals surface area contributed by atoms with E-state index in [2.05, 4.69) is 0 Å². The Morgan fingerprint density at radius 3 is 2.79 bits per heavy atom. The summed E-state index contributed by atoms with van der Waals surface area (Å²) in [5.41, 5.74) is 0. The van der Waals surface area contributed by atoms with Crippen LogP contribution in [0.5, 0.6) is 0 Å². The van der Waals surface area contributed by atoms with Gasteiger partial charge in [0.2, 0.25) is 10.0 Å². The molecular formula is C12H21NO5S. The third-order valence-corrected chi connectivity index (χ3v) is 5.74. The molecule has 2 rings (SSSR count). The average Bonchev–Trinajstić information content (AvgIpc) is 2.96. The van der Waals surface area contributed by atoms with Crippen LogP contribution in [0.25, 0.3) is 0 Å². The van der Waals surface area contributed by atoms with Crippen LogP contribution in [0, 0.1) is 5.92 Å². The molecule has 0 aromatic heterocycles. The van der Waals surface area contributed by atoms with Crippen LogP contribution in [0.2, 0.25) is 0 Å². The van der Waals surface area contributed by atoms with Crippen molar-refractivity contribution < 1.29 is 23.1 Å². The van der Waals surface area contributed by atoms with Crippen LogP contribution >= 0.6 is 0 Å². The first-order valence-corrected chi connectivity index (χ1v) is 8.39. The van der Waals surface area contributed by atoms with Crippen molar-refractivity contribution in [2.24, 2.45) is 5.92 Å². The van der Waals surface area contributed by atoms with Crippen LogP contribution in [0.1, 0.15) is 32.1 Å². The van der Waals surface area contributed by atoms with Gasteiger partial charge in [-0.1, -0.05) is 0 Å². The van der Waals surface area contributed by atoms with E-state index in [0.29, 0.717) is 26.1 Å². The van der Waals surface area contributed by atoms with Crippen LogP contribution < -0.4 is 0 Å². The summed E-state index contributed by atoms with van der Waals surface area (Å²) in [6.07, 6.45) is 3.02. The van der Waals surface area contributed by atoms with Crippen molar-refractivity contribution in [3.63, 3.8) is 0 Å². The van der Waals surface area contributed by atoms with Gasteiger partial charge in [0.1, 0.15) is 0 Å². The Morgan fingerprint density at radius 2 is 2.16 bits per heavy atom. The van der Waals surface area contributed by atoms with Gasteiger partial charge in [-0.25, -0.2) is 12.7 Å². The number of aliphatic carboxylic acids is 1. The van der Waals surface area contributed by atoms with Gasteiger partial charge in [-0.3, -0.25) is 4.79 Å². The summed E-state index contributed by atoms with van der Waals surface area (Å²) in [4.78, 5) is 10.5. The normalized spacial score (nSPS) is 28.8. The zero-order chi connectivity index (χ0) is 13.9. The van der Waals surface area contributed by atoms with E-state index in [0.717, 1.165) is 19.3 Å². The van der Waals surface area contributed by atoms with Crippen LogP contribution in [-0.2, 0) is 19.6 Å². The van der Waals surface area contributed by atoms with E-state index in [4.69, 9.17) is 9.84 Å². The molecule has 110 valence electrons. The molecule has 0 aliphatic carbocycles. The number of carboxylic acid groups (broad SMARTS) is 1. The molecule has 0 radical (unpaired) electrons. The second kappa shape index (κ2) is 6.19. The maximum absolute atomic E-state index is 12.2. The van der Waals surface area contributed by atoms with Crippen molar-refractivity contribution in [3.05, 3.63) is 0 Å². The highest BCUT2D eigenvalue weighted by Gasteiger charge is 2.34. The van der Waals surface area contributed by atoms with Gasteiger partial charge in [-0.2, -0.15) is 0 Å². The number of carbonyl (C=O) groups is 1. The highest BCUT2D eigenvalue weighted by molar-refractivity contribution is 7.89. The fraction of sp³-hybridized carbons (Fsp3) is 0.917. The van der Waals surface area contributed by atoms with E-state index >= 15 is 0 Å². The minimum atomic E-state index is -3.25. The second-order valence-corrected chi connectivity index (χ2v) is 7.37. The molecule has 0 saturated carbocycles. The molecule has 19 heavy (non-hydrogen) atoms. The second-order valence-electron chi connectivity index (χ2n) is 5.36. The number of sulfonamides is 1. The third-order valence-electron chi connectivity index (χ3n) is 3.83. The van der Waals surface area contributed by atoms with Gasteiger partial charge in [0.25, 0.3) is 0 Å². The molecule has 2 heterocycles. The molecule has 0 bridgehead atoms. The number of rotatable bonds is 6. The highest BCUT2D eigenvalue weighted by atomic mass is 32.2. The zero-order valence-corrected chi connectivity index (χ0v) is 11.8. The Kier molecular flexibility index (Phi) is 4.81. The van der Waals surface area contributed by atoms with Crippen molar-refractivity contribution in [2.75, 3.05) is 25.4 Å². The van der Waals surface area contributed by atoms with Gasteiger partial charge < -0.3 is 9.84 Å². The van der Waals surface area contributed by atoms with Gasteiger partial charge >= 0.3 is 5.97 Å². The van der Waals surface area contributed by atoms with Crippen molar-refractivity contribution in [2.45, 2.75) is 38.2 Å². The number of nitrogens with zero attached hydrogens (tertiary/aromatic N) is 1. The van der Waals surface area contributed by atoms with E-state index < -0.39 is 16.0 Å². The third kappa shape index (κ3) is 4.15. The molecule has 7 heteroatoms. The Balaban J connectivity index is 1.83. The molecule has 2 aliphatic rings. The standard InChI is InChI=1S/C12H21NO5S/c14-12(15)4-3-10-5-6-13(8-10)19(16,17)9-11-2-1-7-18-11/h10-11H,1-9H2,(H,14,15). The molecule has 2 aliphatic heterocycles. The van der Waals surface area contributed by atoms with E-state index in [-0.39, 0.29) is 24.2 Å². The highest BCUT2D eigenvalue weighted by Crippen LogP contribution is 2.25. The quantitative estimate of drug-likeness (QED) is 0.778. The molecule has 2 atom stereocenters. The maximum Gasteiger partial charge on any atom is 0.303 e. The molecular weight excluding hydrogens is 270 g/mol. The van der Waals surface area contributed by atoms with Gasteiger partial charge in [0.05, 0.1) is 11.9 Å². The van der Waals surface area contributed by atoms with E-state index in [1.807, 2.05) is 0 Å². The predicted molar refractivity (Wildman–Crippen MR) is 69.3 cm³/mol. The first-order valence-electron chi connectivity index (χ1n) is 6.78. The minimum absolute atomic E-state index is 0.0681. The van der Waals surface area contributed by atoms with Gasteiger partial charge in [-0.15, -0.1) is 0 Å². The molecule has 2 saturated heterocycles. The maximum atomic E-state index is 12.2. The molecule has 0 amide bonds. The summed E-state index contributed by atoms with van der Waals surface area (Å²) in [6.45, 7) is 1.63. The molecule has 1 N–H and O–H groups in total. The number of carboxylic acids is 1. The number of hydrogen-bond donors (Lipinski definition) is 1. The topological polar surface area (TPSA) is 83.9 Å². The molecule has 2 fully saturated rings. The molecule has 2 unspecified atom stereocenters. The first-order chi connectivity index (χ1) is 8.97. The molecule has 0 aromatic carbocycles. The Labute approximate surface area is 113 Å². The van der Waals surface area contributed by atoms with Crippen LogP contribution in [0.3, 0.4) is 0 Å². The Bertz CT molecular complexity index is 416. The minimum Gasteiger partial charge on any atom is -0.481 e. The fourth-order valence-corrected chi connectivity index (χ4v) is 4.49. The SMILES string of the molecule is O=C(O)CCC1CCN(S(=O)(=O)CC2CCCO2)C1. The van der Waals surface area contributed by atoms with Gasteiger partial charge in [0.15, 0.2) is 0 Å². The summed E-state index contributed by atoms with van der Waals surface area (Å²) < 4.78 is 31.3. The largest absolute Gasteiger partial charge is 0.481 e. The Hall–Kier alpha value is -0.660. The van der Waals surface area contributed by atoms with Gasteiger partial charge in [0, 0.05) is 26.1 Å². The van der Waals surface area contributed by atoms with Crippen molar-refractivity contribution >= 4 is 16.0 Å². The lowest BCUT2D eigenvalue weighted by atomic mass is 10.0. The number of hydrogen-bond acceptors (Lipinski definition) is 4. The number of ether oxygens (including phenoxy) is 1. The summed E-state index contributed by atoms with van der Waals surface area (Å²) in [6, 6.07) is 0. The first kappa shape index (κ1) is 14.7. The van der Waals surface area contributed by atoms with Gasteiger partial charge in [-0.05, 0) is 31.6 Å². The lowest BCUT2D eigenvalue weighted by Gasteiger charge is -2.18. The summed E-state index contributed by atoms with van der Waals surface area (Å²) in [7, 11) is -3.25. The van der Waals surface area contributed by atoms with Crippen molar-refractivity contribution in [3.8, 4) is 0 Å². The van der Waals surface area contributed by atoms with Crippen molar-refractivity contribution in [1.29, 1.82) is 0 Å².